The van der Waals surface area contributed by atoms with Crippen LogP contribution in [0, 0.1) is 6.92 Å². The van der Waals surface area contributed by atoms with Crippen LogP contribution in [-0.4, -0.2) is 38.6 Å². The van der Waals surface area contributed by atoms with Crippen molar-refractivity contribution in [3.63, 3.8) is 0 Å². The van der Waals surface area contributed by atoms with E-state index in [1.165, 1.54) is 13.3 Å². The predicted molar refractivity (Wildman–Crippen MR) is 123 cm³/mol. The first kappa shape index (κ1) is 22.7. The third kappa shape index (κ3) is 5.63. The number of aryl methyl sites for hydroxylation is 1. The molecule has 1 aliphatic heterocycles. The second-order valence-electron chi connectivity index (χ2n) is 7.27. The van der Waals surface area contributed by atoms with E-state index in [4.69, 9.17) is 23.7 Å². The number of esters is 1. The van der Waals surface area contributed by atoms with E-state index in [-0.39, 0.29) is 19.1 Å². The maximum Gasteiger partial charge on any atom is 0.343 e. The average Bonchev–Trinajstić information content (AvgIpc) is 3.31. The number of amides is 1. The fourth-order valence-corrected chi connectivity index (χ4v) is 3.10. The van der Waals surface area contributed by atoms with Crippen LogP contribution < -0.4 is 29.1 Å². The molecular weight excluding hydrogens is 440 g/mol. The zero-order chi connectivity index (χ0) is 23.9. The van der Waals surface area contributed by atoms with Crippen LogP contribution in [0.4, 0.5) is 0 Å². The molecule has 0 bridgehead atoms. The minimum absolute atomic E-state index is 0.116. The average molecular weight is 462 g/mol. The summed E-state index contributed by atoms with van der Waals surface area (Å²) in [4.78, 5) is 24.5. The summed E-state index contributed by atoms with van der Waals surface area (Å²) >= 11 is 0. The van der Waals surface area contributed by atoms with Crippen molar-refractivity contribution in [2.24, 2.45) is 5.10 Å². The van der Waals surface area contributed by atoms with Crippen molar-refractivity contribution in [3.05, 3.63) is 77.4 Å². The van der Waals surface area contributed by atoms with Crippen LogP contribution in [0.2, 0.25) is 0 Å². The maximum atomic E-state index is 12.5. The standard InChI is InChI=1S/C25H22N2O7/c1-16-4-3-5-19(10-16)31-14-24(28)27-26-13-17-6-8-21(22(11-17)30-2)34-25(29)18-7-9-20-23(12-18)33-15-32-20/h3-13H,14-15H2,1-2H3,(H,27,28)/b26-13+. The summed E-state index contributed by atoms with van der Waals surface area (Å²) in [6.45, 7) is 1.89. The highest BCUT2D eigenvalue weighted by Crippen LogP contribution is 2.33. The zero-order valence-electron chi connectivity index (χ0n) is 18.6. The van der Waals surface area contributed by atoms with E-state index in [9.17, 15) is 9.59 Å². The highest BCUT2D eigenvalue weighted by molar-refractivity contribution is 5.92. The predicted octanol–water partition coefficient (Wildman–Crippen LogP) is 3.48. The summed E-state index contributed by atoms with van der Waals surface area (Å²) < 4.78 is 26.8. The number of nitrogens with zero attached hydrogens (tertiary/aromatic N) is 1. The van der Waals surface area contributed by atoms with Crippen LogP contribution in [0.5, 0.6) is 28.7 Å². The number of hydrogen-bond acceptors (Lipinski definition) is 8. The van der Waals surface area contributed by atoms with Crippen LogP contribution in [0.25, 0.3) is 0 Å². The minimum atomic E-state index is -0.570. The van der Waals surface area contributed by atoms with Gasteiger partial charge in [0.25, 0.3) is 5.91 Å². The normalized spacial score (nSPS) is 11.8. The van der Waals surface area contributed by atoms with E-state index in [2.05, 4.69) is 10.5 Å². The number of carbonyl (C=O) groups is 2. The maximum absolute atomic E-state index is 12.5. The monoisotopic (exact) mass is 462 g/mol. The smallest absolute Gasteiger partial charge is 0.343 e. The van der Waals surface area contributed by atoms with Gasteiger partial charge in [0.1, 0.15) is 5.75 Å². The van der Waals surface area contributed by atoms with Gasteiger partial charge in [0, 0.05) is 0 Å². The molecule has 0 fully saturated rings. The Morgan fingerprint density at radius 1 is 1.03 bits per heavy atom. The molecule has 0 atom stereocenters. The summed E-state index contributed by atoms with van der Waals surface area (Å²) in [5.41, 5.74) is 4.37. The van der Waals surface area contributed by atoms with E-state index < -0.39 is 11.9 Å². The van der Waals surface area contributed by atoms with Gasteiger partial charge in [0.05, 0.1) is 18.9 Å². The van der Waals surface area contributed by atoms with Crippen molar-refractivity contribution in [2.45, 2.75) is 6.92 Å². The molecule has 0 aromatic heterocycles. The van der Waals surface area contributed by atoms with Gasteiger partial charge in [0.15, 0.2) is 29.6 Å². The second kappa shape index (κ2) is 10.4. The van der Waals surface area contributed by atoms with Gasteiger partial charge in [-0.1, -0.05) is 12.1 Å². The SMILES string of the molecule is COc1cc(/C=N/NC(=O)COc2cccc(C)c2)ccc1OC(=O)c1ccc2c(c1)OCO2. The fourth-order valence-electron chi connectivity index (χ4n) is 3.10. The van der Waals surface area contributed by atoms with E-state index in [1.807, 2.05) is 25.1 Å². The van der Waals surface area contributed by atoms with Crippen LogP contribution in [0.15, 0.2) is 65.8 Å². The van der Waals surface area contributed by atoms with E-state index in [0.717, 1.165) is 5.56 Å². The number of methoxy groups -OCH3 is 1. The van der Waals surface area contributed by atoms with Crippen LogP contribution in [0.3, 0.4) is 0 Å². The number of hydrazone groups is 1. The molecule has 4 rings (SSSR count). The Hall–Kier alpha value is -4.53. The molecule has 0 saturated carbocycles. The quantitative estimate of drug-likeness (QED) is 0.237. The molecule has 0 radical (unpaired) electrons. The first-order chi connectivity index (χ1) is 16.5. The number of hydrogen-bond donors (Lipinski definition) is 1. The van der Waals surface area contributed by atoms with Gasteiger partial charge in [-0.05, 0) is 66.6 Å². The van der Waals surface area contributed by atoms with Crippen LogP contribution in [-0.2, 0) is 4.79 Å². The molecule has 3 aromatic carbocycles. The molecule has 9 heteroatoms. The second-order valence-corrected chi connectivity index (χ2v) is 7.27. The van der Waals surface area contributed by atoms with Crippen LogP contribution >= 0.6 is 0 Å². The first-order valence-corrected chi connectivity index (χ1v) is 10.3. The van der Waals surface area contributed by atoms with Crippen molar-refractivity contribution >= 4 is 18.1 Å². The first-order valence-electron chi connectivity index (χ1n) is 10.3. The number of fused-ring (bicyclic) bond motifs is 1. The third-order valence-corrected chi connectivity index (χ3v) is 4.76. The Kier molecular flexibility index (Phi) is 6.92. The lowest BCUT2D eigenvalue weighted by Gasteiger charge is -2.10. The Morgan fingerprint density at radius 2 is 1.88 bits per heavy atom. The van der Waals surface area contributed by atoms with Crippen molar-refractivity contribution in [1.82, 2.24) is 5.43 Å². The number of nitrogens with one attached hydrogen (secondary N) is 1. The van der Waals surface area contributed by atoms with Gasteiger partial charge in [-0.15, -0.1) is 0 Å². The van der Waals surface area contributed by atoms with Crippen molar-refractivity contribution in [1.29, 1.82) is 0 Å². The van der Waals surface area contributed by atoms with Gasteiger partial charge in [-0.25, -0.2) is 10.2 Å². The molecule has 34 heavy (non-hydrogen) atoms. The fraction of sp³-hybridized carbons (Fsp3) is 0.160. The topological polar surface area (TPSA) is 105 Å². The van der Waals surface area contributed by atoms with Gasteiger partial charge in [0.2, 0.25) is 6.79 Å². The lowest BCUT2D eigenvalue weighted by atomic mass is 10.2. The minimum Gasteiger partial charge on any atom is -0.493 e. The highest BCUT2D eigenvalue weighted by atomic mass is 16.7. The van der Waals surface area contributed by atoms with E-state index in [0.29, 0.717) is 34.1 Å². The Bertz CT molecular complexity index is 1240. The molecule has 0 aliphatic carbocycles. The van der Waals surface area contributed by atoms with Gasteiger partial charge in [-0.3, -0.25) is 4.79 Å². The molecule has 1 N–H and O–H groups in total. The molecule has 0 spiro atoms. The van der Waals surface area contributed by atoms with Gasteiger partial charge >= 0.3 is 5.97 Å². The van der Waals surface area contributed by atoms with E-state index >= 15 is 0 Å². The van der Waals surface area contributed by atoms with Crippen molar-refractivity contribution < 1.29 is 33.3 Å². The third-order valence-electron chi connectivity index (χ3n) is 4.76. The van der Waals surface area contributed by atoms with Gasteiger partial charge < -0.3 is 23.7 Å². The Morgan fingerprint density at radius 3 is 2.71 bits per heavy atom. The molecule has 1 aliphatic rings. The zero-order valence-corrected chi connectivity index (χ0v) is 18.6. The number of benzene rings is 3. The molecular formula is C25H22N2O7. The summed E-state index contributed by atoms with van der Waals surface area (Å²) in [5, 5.41) is 3.92. The summed E-state index contributed by atoms with van der Waals surface area (Å²) in [7, 11) is 1.46. The summed E-state index contributed by atoms with van der Waals surface area (Å²) in [6, 6.07) is 17.1. The molecule has 174 valence electrons. The molecule has 1 amide bonds. The molecule has 9 nitrogen and oxygen atoms in total. The number of carbonyl (C=O) groups excluding carboxylic acids is 2. The van der Waals surface area contributed by atoms with Crippen LogP contribution in [0.1, 0.15) is 21.5 Å². The largest absolute Gasteiger partial charge is 0.493 e. The number of rotatable bonds is 8. The van der Waals surface area contributed by atoms with Crippen molar-refractivity contribution in [3.8, 4) is 28.7 Å². The molecule has 0 unspecified atom stereocenters. The molecule has 3 aromatic rings. The van der Waals surface area contributed by atoms with Gasteiger partial charge in [-0.2, -0.15) is 5.10 Å². The van der Waals surface area contributed by atoms with E-state index in [1.54, 1.807) is 42.5 Å². The Labute approximate surface area is 195 Å². The lowest BCUT2D eigenvalue weighted by Crippen LogP contribution is -2.24. The molecule has 0 saturated heterocycles. The molecule has 1 heterocycles. The highest BCUT2D eigenvalue weighted by Gasteiger charge is 2.18. The summed E-state index contributed by atoms with van der Waals surface area (Å²) in [5.74, 6) is 1.25. The Balaban J connectivity index is 1.33. The summed E-state index contributed by atoms with van der Waals surface area (Å²) in [6.07, 6.45) is 1.44. The van der Waals surface area contributed by atoms with Crippen molar-refractivity contribution in [2.75, 3.05) is 20.5 Å². The number of ether oxygens (including phenoxy) is 5. The lowest BCUT2D eigenvalue weighted by molar-refractivity contribution is -0.123.